The first-order valence-corrected chi connectivity index (χ1v) is 6.95. The van der Waals surface area contributed by atoms with Crippen molar-refractivity contribution in [1.82, 2.24) is 0 Å². The molecule has 3 rings (SSSR count). The molecule has 2 bridgehead atoms. The first-order chi connectivity index (χ1) is 7.00. The monoisotopic (exact) mass is 284 g/mol. The van der Waals surface area contributed by atoms with Gasteiger partial charge in [0.1, 0.15) is 0 Å². The van der Waals surface area contributed by atoms with Crippen LogP contribution in [0.3, 0.4) is 0 Å². The highest BCUT2D eigenvalue weighted by molar-refractivity contribution is 6.51. The number of fused-ring (bicyclic) bond motifs is 5. The summed E-state index contributed by atoms with van der Waals surface area (Å²) in [4.78, 5) is -0.906. The van der Waals surface area contributed by atoms with E-state index >= 15 is 0 Å². The van der Waals surface area contributed by atoms with E-state index < -0.39 is 9.75 Å². The molecule has 2 saturated carbocycles. The summed E-state index contributed by atoms with van der Waals surface area (Å²) in [6.07, 6.45) is 5.48. The quantitative estimate of drug-likeness (QED) is 0.558. The van der Waals surface area contributed by atoms with Crippen LogP contribution in [-0.2, 0) is 0 Å². The van der Waals surface area contributed by atoms with Gasteiger partial charge >= 0.3 is 0 Å². The Kier molecular flexibility index (Phi) is 2.37. The first kappa shape index (κ1) is 11.0. The fourth-order valence-corrected chi connectivity index (χ4v) is 5.76. The van der Waals surface area contributed by atoms with Crippen molar-refractivity contribution in [3.63, 3.8) is 0 Å². The predicted octanol–water partition coefficient (Wildman–Crippen LogP) is 4.85. The van der Waals surface area contributed by atoms with Crippen LogP contribution in [0.4, 0.5) is 0 Å². The largest absolute Gasteiger partial charge is 0.113 e. The lowest BCUT2D eigenvalue weighted by Crippen LogP contribution is -2.38. The van der Waals surface area contributed by atoms with Crippen molar-refractivity contribution in [2.75, 3.05) is 0 Å². The topological polar surface area (TPSA) is 0 Å². The van der Waals surface area contributed by atoms with Crippen molar-refractivity contribution < 1.29 is 0 Å². The Hall–Kier alpha value is 0.900. The second-order valence-electron chi connectivity index (χ2n) is 5.03. The van der Waals surface area contributed by atoms with E-state index in [2.05, 4.69) is 0 Å². The third kappa shape index (κ3) is 1.18. The van der Waals surface area contributed by atoms with Gasteiger partial charge < -0.3 is 0 Å². The normalized spacial score (nSPS) is 53.6. The van der Waals surface area contributed by atoms with Gasteiger partial charge in [-0.15, -0.1) is 23.2 Å². The predicted molar refractivity (Wildman–Crippen MR) is 66.0 cm³/mol. The first-order valence-electron chi connectivity index (χ1n) is 5.44. The molecule has 84 valence electrons. The average Bonchev–Trinajstić information content (AvgIpc) is 2.57. The van der Waals surface area contributed by atoms with Crippen molar-refractivity contribution in [2.45, 2.75) is 41.9 Å². The summed E-state index contributed by atoms with van der Waals surface area (Å²) in [6, 6.07) is 0. The van der Waals surface area contributed by atoms with E-state index in [-0.39, 0.29) is 0 Å². The van der Waals surface area contributed by atoms with E-state index in [9.17, 15) is 0 Å². The average molecular weight is 286 g/mol. The molecular formula is C11H12Cl4. The molecule has 0 heterocycles. The molecule has 2 fully saturated rings. The molecule has 0 aromatic heterocycles. The Balaban J connectivity index is 2.12. The van der Waals surface area contributed by atoms with Crippen LogP contribution in [0, 0.1) is 11.8 Å². The van der Waals surface area contributed by atoms with Crippen molar-refractivity contribution in [3.8, 4) is 0 Å². The maximum absolute atomic E-state index is 6.65. The summed E-state index contributed by atoms with van der Waals surface area (Å²) >= 11 is 25.8. The summed E-state index contributed by atoms with van der Waals surface area (Å²) < 4.78 is 0. The minimum atomic E-state index is -0.453. The number of hydrogen-bond donors (Lipinski definition) is 0. The summed E-state index contributed by atoms with van der Waals surface area (Å²) in [5, 5.41) is 1.23. The third-order valence-corrected chi connectivity index (χ3v) is 6.93. The lowest BCUT2D eigenvalue weighted by molar-refractivity contribution is 0.234. The summed E-state index contributed by atoms with van der Waals surface area (Å²) in [5.41, 5.74) is 0. The Morgan fingerprint density at radius 2 is 1.27 bits per heavy atom. The van der Waals surface area contributed by atoms with Crippen molar-refractivity contribution in [2.24, 2.45) is 11.8 Å². The van der Waals surface area contributed by atoms with E-state index in [1.165, 1.54) is 12.8 Å². The molecule has 0 amide bonds. The van der Waals surface area contributed by atoms with Gasteiger partial charge in [-0.2, -0.15) is 0 Å². The Morgan fingerprint density at radius 1 is 0.867 bits per heavy atom. The molecule has 0 N–H and O–H groups in total. The molecule has 3 aliphatic rings. The summed E-state index contributed by atoms with van der Waals surface area (Å²) in [6.45, 7) is 0. The third-order valence-electron chi connectivity index (χ3n) is 4.38. The molecule has 0 aromatic rings. The molecule has 0 saturated heterocycles. The van der Waals surface area contributed by atoms with Gasteiger partial charge in [0.25, 0.3) is 0 Å². The lowest BCUT2D eigenvalue weighted by atomic mass is 9.73. The van der Waals surface area contributed by atoms with Gasteiger partial charge in [-0.05, 0) is 31.1 Å². The van der Waals surface area contributed by atoms with Crippen LogP contribution in [-0.4, -0.2) is 9.75 Å². The number of rotatable bonds is 0. The fraction of sp³-hybridized carbons (Fsp3) is 0.818. The van der Waals surface area contributed by atoms with E-state index in [1.807, 2.05) is 0 Å². The van der Waals surface area contributed by atoms with Crippen LogP contribution in [0.5, 0.6) is 0 Å². The van der Waals surface area contributed by atoms with Crippen LogP contribution in [0.2, 0.25) is 0 Å². The smallest absolute Gasteiger partial charge is 0.0865 e. The number of alkyl halides is 2. The van der Waals surface area contributed by atoms with E-state index in [4.69, 9.17) is 46.4 Å². The molecule has 0 radical (unpaired) electrons. The van der Waals surface area contributed by atoms with E-state index in [1.54, 1.807) is 0 Å². The Labute approximate surface area is 110 Å². The van der Waals surface area contributed by atoms with Crippen LogP contribution < -0.4 is 0 Å². The molecule has 0 nitrogen and oxygen atoms in total. The second-order valence-corrected chi connectivity index (χ2v) is 7.13. The standard InChI is InChI=1S/C11H12Cl4/c12-8-9(13)11(15)5-10(8,14)6-3-1-2-4-7(6)11/h6-7H,1-5H2. The maximum atomic E-state index is 6.65. The zero-order valence-electron chi connectivity index (χ0n) is 8.20. The number of hydrogen-bond acceptors (Lipinski definition) is 0. The summed E-state index contributed by atoms with van der Waals surface area (Å²) in [7, 11) is 0. The molecule has 4 atom stereocenters. The van der Waals surface area contributed by atoms with Crippen LogP contribution in [0.1, 0.15) is 32.1 Å². The SMILES string of the molecule is ClC1=C(Cl)C2(Cl)CC1(Cl)C1CCCCC12. The van der Waals surface area contributed by atoms with Crippen molar-refractivity contribution >= 4 is 46.4 Å². The van der Waals surface area contributed by atoms with Crippen molar-refractivity contribution in [1.29, 1.82) is 0 Å². The van der Waals surface area contributed by atoms with Crippen LogP contribution in [0.15, 0.2) is 10.1 Å². The fourth-order valence-electron chi connectivity index (χ4n) is 3.71. The highest BCUT2D eigenvalue weighted by atomic mass is 35.5. The second kappa shape index (κ2) is 3.22. The maximum Gasteiger partial charge on any atom is 0.0865 e. The molecule has 3 aliphatic carbocycles. The highest BCUT2D eigenvalue weighted by Gasteiger charge is 2.68. The van der Waals surface area contributed by atoms with Gasteiger partial charge in [-0.3, -0.25) is 0 Å². The Morgan fingerprint density at radius 3 is 1.67 bits per heavy atom. The minimum Gasteiger partial charge on any atom is -0.113 e. The molecule has 0 aromatic carbocycles. The molecule has 4 unspecified atom stereocenters. The molecule has 15 heavy (non-hydrogen) atoms. The van der Waals surface area contributed by atoms with Gasteiger partial charge in [0, 0.05) is 0 Å². The van der Waals surface area contributed by atoms with E-state index in [0.717, 1.165) is 19.3 Å². The molecule has 0 aliphatic heterocycles. The van der Waals surface area contributed by atoms with E-state index in [0.29, 0.717) is 21.9 Å². The van der Waals surface area contributed by atoms with Gasteiger partial charge in [0.2, 0.25) is 0 Å². The van der Waals surface area contributed by atoms with Gasteiger partial charge in [0.15, 0.2) is 0 Å². The van der Waals surface area contributed by atoms with Gasteiger partial charge in [-0.25, -0.2) is 0 Å². The van der Waals surface area contributed by atoms with Crippen LogP contribution in [0.25, 0.3) is 0 Å². The molecule has 0 spiro atoms. The zero-order chi connectivity index (χ0) is 10.8. The zero-order valence-corrected chi connectivity index (χ0v) is 11.2. The highest BCUT2D eigenvalue weighted by Crippen LogP contribution is 2.70. The number of allylic oxidation sites excluding steroid dienone is 2. The lowest BCUT2D eigenvalue weighted by Gasteiger charge is -2.40. The van der Waals surface area contributed by atoms with Crippen LogP contribution >= 0.6 is 46.4 Å². The van der Waals surface area contributed by atoms with Crippen molar-refractivity contribution in [3.05, 3.63) is 10.1 Å². The summed E-state index contributed by atoms with van der Waals surface area (Å²) in [5.74, 6) is 0.862. The molecule has 4 heteroatoms. The van der Waals surface area contributed by atoms with Gasteiger partial charge in [-0.1, -0.05) is 36.0 Å². The number of halogens is 4. The Bertz CT molecular complexity index is 318. The minimum absolute atomic E-state index is 0.431. The molecular weight excluding hydrogens is 274 g/mol. The van der Waals surface area contributed by atoms with Gasteiger partial charge in [0.05, 0.1) is 19.8 Å².